The second kappa shape index (κ2) is 6.22. The number of anilines is 3. The second-order valence-corrected chi connectivity index (χ2v) is 6.77. The number of rotatable bonds is 4. The molecule has 3 aromatic rings. The monoisotopic (exact) mass is 351 g/mol. The van der Waals surface area contributed by atoms with Crippen molar-refractivity contribution in [3.8, 4) is 17.0 Å². The van der Waals surface area contributed by atoms with Gasteiger partial charge in [0.25, 0.3) is 0 Å². The summed E-state index contributed by atoms with van der Waals surface area (Å²) in [6.45, 7) is 1.92. The Bertz CT molecular complexity index is 951. The summed E-state index contributed by atoms with van der Waals surface area (Å²) in [5, 5.41) is 9.02. The van der Waals surface area contributed by atoms with Crippen LogP contribution in [0.15, 0.2) is 47.8 Å². The predicted molar refractivity (Wildman–Crippen MR) is 101 cm³/mol. The first-order valence-corrected chi connectivity index (χ1v) is 8.84. The van der Waals surface area contributed by atoms with Gasteiger partial charge in [0.15, 0.2) is 5.13 Å². The van der Waals surface area contributed by atoms with Crippen LogP contribution in [0.25, 0.3) is 11.3 Å². The van der Waals surface area contributed by atoms with Crippen LogP contribution < -0.4 is 15.4 Å². The number of fused-ring (bicyclic) bond motifs is 1. The fraction of sp³-hybridized carbons (Fsp3) is 0.158. The average Bonchev–Trinajstić information content (AvgIpc) is 3.20. The van der Waals surface area contributed by atoms with E-state index in [1.807, 2.05) is 54.8 Å². The van der Waals surface area contributed by atoms with Crippen molar-refractivity contribution in [3.05, 3.63) is 53.4 Å². The quantitative estimate of drug-likeness (QED) is 0.720. The molecule has 1 aromatic heterocycles. The normalized spacial score (nSPS) is 15.6. The first-order valence-electron chi connectivity index (χ1n) is 7.96. The van der Waals surface area contributed by atoms with Gasteiger partial charge in [-0.25, -0.2) is 4.98 Å². The molecule has 0 saturated heterocycles. The van der Waals surface area contributed by atoms with E-state index < -0.39 is 0 Å². The van der Waals surface area contributed by atoms with Gasteiger partial charge in [-0.05, 0) is 36.8 Å². The summed E-state index contributed by atoms with van der Waals surface area (Å²) >= 11 is 1.54. The maximum atomic E-state index is 11.8. The molecule has 4 rings (SSSR count). The fourth-order valence-corrected chi connectivity index (χ4v) is 3.60. The number of ether oxygens (including phenoxy) is 1. The predicted octanol–water partition coefficient (Wildman–Crippen LogP) is 4.62. The Morgan fingerprint density at radius 3 is 2.96 bits per heavy atom. The lowest BCUT2D eigenvalue weighted by Crippen LogP contribution is -2.08. The highest BCUT2D eigenvalue weighted by Gasteiger charge is 2.26. The largest absolute Gasteiger partial charge is 0.497 e. The van der Waals surface area contributed by atoms with Gasteiger partial charge < -0.3 is 15.4 Å². The molecule has 0 saturated carbocycles. The van der Waals surface area contributed by atoms with Crippen molar-refractivity contribution in [2.24, 2.45) is 0 Å². The van der Waals surface area contributed by atoms with Crippen molar-refractivity contribution in [1.82, 2.24) is 4.98 Å². The van der Waals surface area contributed by atoms with Gasteiger partial charge in [0.2, 0.25) is 5.91 Å². The van der Waals surface area contributed by atoms with E-state index in [-0.39, 0.29) is 11.8 Å². The highest BCUT2D eigenvalue weighted by Crippen LogP contribution is 2.36. The lowest BCUT2D eigenvalue weighted by atomic mass is 10.00. The third-order valence-electron chi connectivity index (χ3n) is 4.29. The molecule has 6 heteroatoms. The summed E-state index contributed by atoms with van der Waals surface area (Å²) in [6, 6.07) is 13.7. The number of hydrogen-bond donors (Lipinski definition) is 2. The number of benzene rings is 2. The molecule has 126 valence electrons. The number of aromatic nitrogens is 1. The molecule has 2 aromatic carbocycles. The molecule has 1 amide bonds. The Balaban J connectivity index is 1.58. The van der Waals surface area contributed by atoms with Crippen LogP contribution in [0.2, 0.25) is 0 Å². The maximum Gasteiger partial charge on any atom is 0.231 e. The average molecular weight is 351 g/mol. The zero-order chi connectivity index (χ0) is 17.4. The van der Waals surface area contributed by atoms with Crippen molar-refractivity contribution in [1.29, 1.82) is 0 Å². The molecule has 0 fully saturated rings. The van der Waals surface area contributed by atoms with Gasteiger partial charge in [0.1, 0.15) is 5.75 Å². The second-order valence-electron chi connectivity index (χ2n) is 5.91. The summed E-state index contributed by atoms with van der Waals surface area (Å²) in [5.41, 5.74) is 4.75. The molecule has 25 heavy (non-hydrogen) atoms. The van der Waals surface area contributed by atoms with E-state index in [1.165, 1.54) is 0 Å². The van der Waals surface area contributed by atoms with Crippen molar-refractivity contribution in [2.45, 2.75) is 12.8 Å². The molecular weight excluding hydrogens is 334 g/mol. The summed E-state index contributed by atoms with van der Waals surface area (Å²) in [7, 11) is 1.65. The Kier molecular flexibility index (Phi) is 3.89. The molecule has 2 heterocycles. The van der Waals surface area contributed by atoms with Crippen LogP contribution in [0.5, 0.6) is 5.75 Å². The number of amides is 1. The first-order chi connectivity index (χ1) is 12.1. The van der Waals surface area contributed by atoms with E-state index in [0.29, 0.717) is 0 Å². The Morgan fingerprint density at radius 2 is 2.12 bits per heavy atom. The SMILES string of the molecule is COc1cccc(Nc2nc(-c3ccc4c(c3)[C@H](C)C(=O)N4)cs2)c1. The van der Waals surface area contributed by atoms with Crippen molar-refractivity contribution in [2.75, 3.05) is 17.7 Å². The van der Waals surface area contributed by atoms with Crippen LogP contribution in [0.4, 0.5) is 16.5 Å². The zero-order valence-electron chi connectivity index (χ0n) is 13.9. The Hall–Kier alpha value is -2.86. The topological polar surface area (TPSA) is 63.2 Å². The molecule has 0 bridgehead atoms. The third kappa shape index (κ3) is 2.96. The minimum atomic E-state index is -0.122. The maximum absolute atomic E-state index is 11.8. The molecule has 2 N–H and O–H groups in total. The van der Waals surface area contributed by atoms with Gasteiger partial charge in [-0.1, -0.05) is 12.1 Å². The van der Waals surface area contributed by atoms with Crippen LogP contribution in [0.1, 0.15) is 18.4 Å². The fourth-order valence-electron chi connectivity index (χ4n) is 2.86. The summed E-state index contributed by atoms with van der Waals surface area (Å²) in [6.07, 6.45) is 0. The van der Waals surface area contributed by atoms with E-state index in [1.54, 1.807) is 18.4 Å². The molecule has 0 spiro atoms. The number of nitrogens with zero attached hydrogens (tertiary/aromatic N) is 1. The number of methoxy groups -OCH3 is 1. The Morgan fingerprint density at radius 1 is 1.24 bits per heavy atom. The highest BCUT2D eigenvalue weighted by molar-refractivity contribution is 7.14. The number of carbonyl (C=O) groups excluding carboxylic acids is 1. The van der Waals surface area contributed by atoms with E-state index in [0.717, 1.165) is 39.1 Å². The summed E-state index contributed by atoms with van der Waals surface area (Å²) in [4.78, 5) is 16.5. The van der Waals surface area contributed by atoms with Gasteiger partial charge in [-0.2, -0.15) is 0 Å². The Labute approximate surface area is 149 Å². The molecule has 0 unspecified atom stereocenters. The van der Waals surface area contributed by atoms with Gasteiger partial charge in [-0.3, -0.25) is 4.79 Å². The van der Waals surface area contributed by atoms with E-state index in [2.05, 4.69) is 15.6 Å². The van der Waals surface area contributed by atoms with Crippen molar-refractivity contribution < 1.29 is 9.53 Å². The summed E-state index contributed by atoms with van der Waals surface area (Å²) < 4.78 is 5.24. The number of nitrogens with one attached hydrogen (secondary N) is 2. The standard InChI is InChI=1S/C19H17N3O2S/c1-11-15-8-12(6-7-16(15)21-18(11)23)17-10-25-19(22-17)20-13-4-3-5-14(9-13)24-2/h3-11H,1-2H3,(H,20,22)(H,21,23)/t11-/m0/s1. The molecule has 0 aliphatic carbocycles. The van der Waals surface area contributed by atoms with Crippen LogP contribution in [-0.2, 0) is 4.79 Å². The van der Waals surface area contributed by atoms with Crippen LogP contribution in [0, 0.1) is 0 Å². The zero-order valence-corrected chi connectivity index (χ0v) is 14.7. The molecule has 1 aliphatic rings. The van der Waals surface area contributed by atoms with Crippen LogP contribution in [0.3, 0.4) is 0 Å². The first kappa shape index (κ1) is 15.7. The van der Waals surface area contributed by atoms with E-state index in [4.69, 9.17) is 4.74 Å². The molecule has 1 atom stereocenters. The molecule has 0 radical (unpaired) electrons. The summed E-state index contributed by atoms with van der Waals surface area (Å²) in [5.74, 6) is 0.723. The van der Waals surface area contributed by atoms with Gasteiger partial charge in [-0.15, -0.1) is 11.3 Å². The third-order valence-corrected chi connectivity index (χ3v) is 5.05. The lowest BCUT2D eigenvalue weighted by molar-refractivity contribution is -0.116. The molecular formula is C19H17N3O2S. The van der Waals surface area contributed by atoms with E-state index >= 15 is 0 Å². The number of hydrogen-bond acceptors (Lipinski definition) is 5. The number of carbonyl (C=O) groups is 1. The molecule has 5 nitrogen and oxygen atoms in total. The van der Waals surface area contributed by atoms with Crippen LogP contribution in [-0.4, -0.2) is 18.0 Å². The van der Waals surface area contributed by atoms with Crippen LogP contribution >= 0.6 is 11.3 Å². The smallest absolute Gasteiger partial charge is 0.231 e. The minimum absolute atomic E-state index is 0.0470. The molecule has 1 aliphatic heterocycles. The van der Waals surface area contributed by atoms with Gasteiger partial charge in [0, 0.05) is 28.4 Å². The van der Waals surface area contributed by atoms with Gasteiger partial charge >= 0.3 is 0 Å². The number of thiazole rings is 1. The van der Waals surface area contributed by atoms with Crippen molar-refractivity contribution in [3.63, 3.8) is 0 Å². The van der Waals surface area contributed by atoms with Gasteiger partial charge in [0.05, 0.1) is 18.7 Å². The van der Waals surface area contributed by atoms with E-state index in [9.17, 15) is 4.79 Å². The minimum Gasteiger partial charge on any atom is -0.497 e. The lowest BCUT2D eigenvalue weighted by Gasteiger charge is -2.05. The highest BCUT2D eigenvalue weighted by atomic mass is 32.1. The van der Waals surface area contributed by atoms with Crippen molar-refractivity contribution >= 4 is 33.8 Å².